The highest BCUT2D eigenvalue weighted by Crippen LogP contribution is 2.29. The van der Waals surface area contributed by atoms with Crippen LogP contribution in [0.15, 0.2) is 77.1 Å². The molecule has 1 unspecified atom stereocenters. The topological polar surface area (TPSA) is 58.9 Å². The molecule has 1 aliphatic rings. The van der Waals surface area contributed by atoms with Crippen molar-refractivity contribution < 1.29 is 14.6 Å². The third-order valence-corrected chi connectivity index (χ3v) is 3.59. The number of carbonyl (C=O) groups is 1. The van der Waals surface area contributed by atoms with Crippen molar-refractivity contribution in [3.05, 3.63) is 83.2 Å². The number of hydrogen-bond donors (Lipinski definition) is 1. The lowest BCUT2D eigenvalue weighted by molar-refractivity contribution is -0.118. The minimum Gasteiger partial charge on any atom is -0.483 e. The van der Waals surface area contributed by atoms with Crippen LogP contribution in [-0.2, 0) is 16.1 Å². The second-order valence-electron chi connectivity index (χ2n) is 5.24. The molecule has 2 aromatic rings. The monoisotopic (exact) mass is 307 g/mol. The molecule has 23 heavy (non-hydrogen) atoms. The predicted molar refractivity (Wildman–Crippen MR) is 87.8 cm³/mol. The molecule has 1 heterocycles. The van der Waals surface area contributed by atoms with Crippen LogP contribution in [0.3, 0.4) is 0 Å². The van der Waals surface area contributed by atoms with Gasteiger partial charge < -0.3 is 9.84 Å². The number of aliphatic imine (C=N–C) groups is 1. The van der Waals surface area contributed by atoms with Gasteiger partial charge >= 0.3 is 0 Å². The summed E-state index contributed by atoms with van der Waals surface area (Å²) in [6.07, 6.45) is 0.719. The molecular weight excluding hydrogens is 290 g/mol. The Bertz CT molecular complexity index is 736. The molecule has 3 rings (SSSR count). The van der Waals surface area contributed by atoms with Crippen molar-refractivity contribution in [1.29, 1.82) is 0 Å². The van der Waals surface area contributed by atoms with E-state index in [1.54, 1.807) is 12.1 Å². The van der Waals surface area contributed by atoms with E-state index in [1.807, 2.05) is 48.5 Å². The summed E-state index contributed by atoms with van der Waals surface area (Å²) in [5.41, 5.74) is 1.90. The smallest absolute Gasteiger partial charge is 0.204 e. The molecule has 116 valence electrons. The quantitative estimate of drug-likeness (QED) is 0.923. The van der Waals surface area contributed by atoms with Crippen molar-refractivity contribution in [3.63, 3.8) is 0 Å². The van der Waals surface area contributed by atoms with Gasteiger partial charge in [0.15, 0.2) is 5.76 Å². The maximum absolute atomic E-state index is 12.2. The van der Waals surface area contributed by atoms with Gasteiger partial charge in [-0.1, -0.05) is 60.7 Å². The van der Waals surface area contributed by atoms with Crippen LogP contribution in [0.4, 0.5) is 0 Å². The molecule has 0 aromatic heterocycles. The molecule has 0 bridgehead atoms. The lowest BCUT2D eigenvalue weighted by Gasteiger charge is -2.19. The molecule has 0 radical (unpaired) electrons. The summed E-state index contributed by atoms with van der Waals surface area (Å²) in [7, 11) is 0. The number of carbonyl (C=O) groups excluding carboxylic acids is 1. The molecule has 1 atom stereocenters. The summed E-state index contributed by atoms with van der Waals surface area (Å²) in [5, 5.41) is 10.5. The van der Waals surface area contributed by atoms with Gasteiger partial charge in [0.05, 0.1) is 0 Å². The van der Waals surface area contributed by atoms with Crippen LogP contribution in [0.2, 0.25) is 0 Å². The number of nitrogens with zero attached hydrogens (tertiary/aromatic N) is 1. The number of Topliss-reactive ketones (excluding diaryl/α,β-unsaturated/α-hetero) is 1. The third-order valence-electron chi connectivity index (χ3n) is 3.59. The summed E-state index contributed by atoms with van der Waals surface area (Å²) < 4.78 is 5.69. The molecule has 0 saturated carbocycles. The van der Waals surface area contributed by atoms with Gasteiger partial charge in [0.2, 0.25) is 5.78 Å². The van der Waals surface area contributed by atoms with Crippen molar-refractivity contribution in [2.45, 2.75) is 19.1 Å². The van der Waals surface area contributed by atoms with E-state index in [2.05, 4.69) is 4.99 Å². The number of hydrogen-bond acceptors (Lipinski definition) is 4. The van der Waals surface area contributed by atoms with Gasteiger partial charge in [0.25, 0.3) is 0 Å². The molecule has 0 spiro atoms. The summed E-state index contributed by atoms with van der Waals surface area (Å²) in [4.78, 5) is 16.4. The fraction of sp³-hybridized carbons (Fsp3) is 0.158. The van der Waals surface area contributed by atoms with E-state index in [-0.39, 0.29) is 30.3 Å². The number of rotatable bonds is 5. The fourth-order valence-corrected chi connectivity index (χ4v) is 2.39. The molecule has 1 aliphatic heterocycles. The highest BCUT2D eigenvalue weighted by atomic mass is 16.5. The van der Waals surface area contributed by atoms with E-state index in [0.717, 1.165) is 5.56 Å². The van der Waals surface area contributed by atoms with Crippen LogP contribution >= 0.6 is 0 Å². The summed E-state index contributed by atoms with van der Waals surface area (Å²) >= 11 is 0. The summed E-state index contributed by atoms with van der Waals surface area (Å²) in [5.74, 6) is -0.0198. The molecular formula is C19H17NO3. The van der Waals surface area contributed by atoms with E-state index in [1.165, 1.54) is 6.21 Å². The van der Waals surface area contributed by atoms with Gasteiger partial charge in [-0.05, 0) is 11.1 Å². The molecule has 1 N–H and O–H groups in total. The number of ketones is 1. The maximum Gasteiger partial charge on any atom is 0.204 e. The van der Waals surface area contributed by atoms with Crippen LogP contribution in [-0.4, -0.2) is 17.1 Å². The van der Waals surface area contributed by atoms with Crippen molar-refractivity contribution in [2.75, 3.05) is 0 Å². The highest BCUT2D eigenvalue weighted by Gasteiger charge is 2.26. The van der Waals surface area contributed by atoms with E-state index in [0.29, 0.717) is 5.56 Å². The lowest BCUT2D eigenvalue weighted by atomic mass is 10.0. The Kier molecular flexibility index (Phi) is 4.64. The zero-order chi connectivity index (χ0) is 16.1. The van der Waals surface area contributed by atoms with Gasteiger partial charge in [0, 0.05) is 12.6 Å². The van der Waals surface area contributed by atoms with E-state index in [4.69, 9.17) is 4.74 Å². The van der Waals surface area contributed by atoms with Gasteiger partial charge in [-0.3, -0.25) is 9.79 Å². The Morgan fingerprint density at radius 2 is 1.70 bits per heavy atom. The molecule has 4 nitrogen and oxygen atoms in total. The van der Waals surface area contributed by atoms with E-state index < -0.39 is 6.10 Å². The molecule has 0 aliphatic carbocycles. The Morgan fingerprint density at radius 3 is 2.39 bits per heavy atom. The zero-order valence-electron chi connectivity index (χ0n) is 12.6. The average molecular weight is 307 g/mol. The zero-order valence-corrected chi connectivity index (χ0v) is 12.6. The second kappa shape index (κ2) is 7.03. The molecule has 0 amide bonds. The predicted octanol–water partition coefficient (Wildman–Crippen LogP) is 3.19. The van der Waals surface area contributed by atoms with Gasteiger partial charge in [-0.25, -0.2) is 0 Å². The first-order valence-electron chi connectivity index (χ1n) is 7.45. The first kappa shape index (κ1) is 15.2. The van der Waals surface area contributed by atoms with E-state index in [9.17, 15) is 9.90 Å². The summed E-state index contributed by atoms with van der Waals surface area (Å²) in [6.45, 7) is 0.266. The standard InChI is InChI=1S/C19H17NO3/c21-16-11-12-20-17(18(22)15-9-5-2-6-10-15)19(16)23-13-14-7-3-1-4-8-14/h1-10,12,18,22H,11,13H2. The maximum atomic E-state index is 12.2. The Balaban J connectivity index is 1.86. The average Bonchev–Trinajstić information content (AvgIpc) is 2.61. The first-order chi connectivity index (χ1) is 11.3. The lowest BCUT2D eigenvalue weighted by Crippen LogP contribution is -2.17. The van der Waals surface area contributed by atoms with Gasteiger partial charge in [0.1, 0.15) is 18.4 Å². The van der Waals surface area contributed by atoms with Crippen LogP contribution in [0, 0.1) is 0 Å². The van der Waals surface area contributed by atoms with Crippen molar-refractivity contribution in [1.82, 2.24) is 0 Å². The molecule has 2 aromatic carbocycles. The normalized spacial score (nSPS) is 15.6. The number of benzene rings is 2. The van der Waals surface area contributed by atoms with Crippen molar-refractivity contribution in [3.8, 4) is 0 Å². The van der Waals surface area contributed by atoms with Crippen LogP contribution in [0.25, 0.3) is 0 Å². The largest absolute Gasteiger partial charge is 0.483 e. The van der Waals surface area contributed by atoms with Crippen LogP contribution < -0.4 is 0 Å². The Labute approximate surface area is 134 Å². The molecule has 0 fully saturated rings. The number of aliphatic hydroxyl groups excluding tert-OH is 1. The van der Waals surface area contributed by atoms with Crippen LogP contribution in [0.5, 0.6) is 0 Å². The Morgan fingerprint density at radius 1 is 1.04 bits per heavy atom. The Hall–Kier alpha value is -2.72. The number of ether oxygens (including phenoxy) is 1. The first-order valence-corrected chi connectivity index (χ1v) is 7.45. The molecule has 4 heteroatoms. The summed E-state index contributed by atoms with van der Waals surface area (Å²) in [6, 6.07) is 18.7. The second-order valence-corrected chi connectivity index (χ2v) is 5.24. The minimum absolute atomic E-state index is 0.146. The number of aliphatic hydroxyl groups is 1. The highest BCUT2D eigenvalue weighted by molar-refractivity contribution is 6.04. The third kappa shape index (κ3) is 3.55. The minimum atomic E-state index is -0.984. The van der Waals surface area contributed by atoms with Crippen molar-refractivity contribution in [2.24, 2.45) is 4.99 Å². The fourth-order valence-electron chi connectivity index (χ4n) is 2.39. The van der Waals surface area contributed by atoms with Crippen molar-refractivity contribution >= 4 is 12.0 Å². The van der Waals surface area contributed by atoms with Gasteiger partial charge in [-0.15, -0.1) is 0 Å². The van der Waals surface area contributed by atoms with Gasteiger partial charge in [-0.2, -0.15) is 0 Å². The van der Waals surface area contributed by atoms with E-state index >= 15 is 0 Å². The SMILES string of the molecule is O=C1CC=NC(C(O)c2ccccc2)=C1OCc1ccccc1. The number of allylic oxidation sites excluding steroid dienone is 1. The molecule has 0 saturated heterocycles. The van der Waals surface area contributed by atoms with Crippen LogP contribution in [0.1, 0.15) is 23.7 Å².